The van der Waals surface area contributed by atoms with Crippen molar-refractivity contribution in [2.24, 2.45) is 52.3 Å². The Morgan fingerprint density at radius 2 is 1.12 bits per heavy atom. The monoisotopic (exact) mass is 1050 g/mol. The van der Waals surface area contributed by atoms with Crippen LogP contribution >= 0.6 is 0 Å². The summed E-state index contributed by atoms with van der Waals surface area (Å²) in [5.74, 6) is 2.69. The summed E-state index contributed by atoms with van der Waals surface area (Å²) in [5.41, 5.74) is 0.166. The first-order valence-electron chi connectivity index (χ1n) is 27.2. The predicted octanol–water partition coefficient (Wildman–Crippen LogP) is -1.88. The molecule has 4 aliphatic carbocycles. The molecule has 73 heavy (non-hydrogen) atoms. The summed E-state index contributed by atoms with van der Waals surface area (Å²) in [4.78, 5) is 0. The van der Waals surface area contributed by atoms with Crippen molar-refractivity contribution in [2.75, 3.05) is 26.4 Å². The molecule has 4 saturated carbocycles. The van der Waals surface area contributed by atoms with Gasteiger partial charge >= 0.3 is 0 Å². The van der Waals surface area contributed by atoms with Gasteiger partial charge in [0.05, 0.1) is 44.7 Å². The Morgan fingerprint density at radius 1 is 0.521 bits per heavy atom. The fraction of sp³-hybridized carbons (Fsp3) is 1.00. The zero-order valence-electron chi connectivity index (χ0n) is 42.6. The molecule has 0 radical (unpaired) electrons. The molecule has 6 aliphatic heterocycles. The Hall–Kier alpha value is -0.880. The van der Waals surface area contributed by atoms with Gasteiger partial charge in [-0.15, -0.1) is 0 Å². The number of aliphatic hydroxyl groups is 12. The lowest BCUT2D eigenvalue weighted by Crippen LogP contribution is -2.67. The minimum absolute atomic E-state index is 0.00805. The minimum atomic E-state index is -1.90. The van der Waals surface area contributed by atoms with Crippen molar-refractivity contribution >= 4 is 0 Å². The maximum atomic E-state index is 12.5. The van der Waals surface area contributed by atoms with Gasteiger partial charge in [0, 0.05) is 12.3 Å². The highest BCUT2D eigenvalue weighted by atomic mass is 16.8. The van der Waals surface area contributed by atoms with Gasteiger partial charge in [-0.3, -0.25) is 0 Å². The van der Waals surface area contributed by atoms with Crippen molar-refractivity contribution in [3.63, 3.8) is 0 Å². The average Bonchev–Trinajstić information content (AvgIpc) is 3.82. The van der Waals surface area contributed by atoms with E-state index < -0.39 is 155 Å². The molecule has 0 bridgehead atoms. The smallest absolute Gasteiger partial charge is 0.187 e. The van der Waals surface area contributed by atoms with Crippen molar-refractivity contribution in [2.45, 2.75) is 240 Å². The van der Waals surface area contributed by atoms with Crippen LogP contribution in [-0.2, 0) is 47.4 Å². The van der Waals surface area contributed by atoms with Crippen LogP contribution in [0.15, 0.2) is 0 Å². The minimum Gasteiger partial charge on any atom is -0.394 e. The van der Waals surface area contributed by atoms with Crippen molar-refractivity contribution in [1.82, 2.24) is 0 Å². The Bertz CT molecular complexity index is 1860. The third-order valence-electron chi connectivity index (χ3n) is 20.3. The van der Waals surface area contributed by atoms with Gasteiger partial charge in [0.2, 0.25) is 0 Å². The lowest BCUT2D eigenvalue weighted by Gasteiger charge is -2.61. The summed E-state index contributed by atoms with van der Waals surface area (Å²) in [7, 11) is 0. The fourth-order valence-electron chi connectivity index (χ4n) is 16.0. The maximum absolute atomic E-state index is 12.5. The molecule has 1 spiro atoms. The number of ether oxygens (including phenoxy) is 10. The molecular weight excluding hydrogens is 965 g/mol. The molecule has 10 fully saturated rings. The fourth-order valence-corrected chi connectivity index (χ4v) is 16.0. The van der Waals surface area contributed by atoms with Crippen LogP contribution in [0.1, 0.15) is 98.8 Å². The largest absolute Gasteiger partial charge is 0.394 e. The van der Waals surface area contributed by atoms with Gasteiger partial charge in [-0.2, -0.15) is 0 Å². The number of hydrogen-bond donors (Lipinski definition) is 12. The van der Waals surface area contributed by atoms with Crippen LogP contribution < -0.4 is 0 Å². The van der Waals surface area contributed by atoms with E-state index in [9.17, 15) is 61.3 Å². The topological polar surface area (TPSA) is 335 Å². The molecule has 0 amide bonds. The molecular formula is C51H84O22. The number of fused-ring (bicyclic) bond motifs is 7. The van der Waals surface area contributed by atoms with Gasteiger partial charge in [0.15, 0.2) is 30.9 Å². The van der Waals surface area contributed by atoms with Crippen molar-refractivity contribution in [1.29, 1.82) is 0 Å². The molecule has 0 aromatic rings. The molecule has 22 heteroatoms. The third-order valence-corrected chi connectivity index (χ3v) is 20.3. The van der Waals surface area contributed by atoms with Gasteiger partial charge < -0.3 is 109 Å². The van der Waals surface area contributed by atoms with Crippen LogP contribution in [0.2, 0.25) is 0 Å². The van der Waals surface area contributed by atoms with E-state index in [2.05, 4.69) is 27.7 Å². The van der Waals surface area contributed by atoms with Crippen LogP contribution in [0.5, 0.6) is 0 Å². The molecule has 22 nitrogen and oxygen atoms in total. The lowest BCUT2D eigenvalue weighted by molar-refractivity contribution is -0.395. The summed E-state index contributed by atoms with van der Waals surface area (Å²) in [5, 5.41) is 129. The van der Waals surface area contributed by atoms with Crippen LogP contribution in [0.3, 0.4) is 0 Å². The van der Waals surface area contributed by atoms with Crippen LogP contribution in [0.25, 0.3) is 0 Å². The summed E-state index contributed by atoms with van der Waals surface area (Å²) in [6, 6.07) is 0. The van der Waals surface area contributed by atoms with Crippen molar-refractivity contribution < 1.29 is 109 Å². The molecule has 0 aromatic heterocycles. The average molecular weight is 1050 g/mol. The number of aliphatic hydroxyl groups excluding tert-OH is 12. The Balaban J connectivity index is 0.890. The van der Waals surface area contributed by atoms with Crippen molar-refractivity contribution in [3.8, 4) is 0 Å². The van der Waals surface area contributed by atoms with E-state index in [4.69, 9.17) is 47.4 Å². The van der Waals surface area contributed by atoms with Crippen LogP contribution in [0.4, 0.5) is 0 Å². The highest BCUT2D eigenvalue weighted by Gasteiger charge is 2.69. The van der Waals surface area contributed by atoms with E-state index in [-0.39, 0.29) is 22.9 Å². The molecule has 10 rings (SSSR count). The van der Waals surface area contributed by atoms with E-state index in [1.807, 2.05) is 0 Å². The van der Waals surface area contributed by atoms with E-state index >= 15 is 0 Å². The first-order chi connectivity index (χ1) is 34.6. The van der Waals surface area contributed by atoms with Gasteiger partial charge in [0.1, 0.15) is 91.6 Å². The maximum Gasteiger partial charge on any atom is 0.187 e. The second kappa shape index (κ2) is 21.3. The summed E-state index contributed by atoms with van der Waals surface area (Å²) in [6.45, 7) is 9.64. The normalized spacial score (nSPS) is 58.2. The zero-order valence-corrected chi connectivity index (χ0v) is 42.6. The van der Waals surface area contributed by atoms with E-state index in [0.717, 1.165) is 58.0 Å². The standard InChI is InChI=1S/C51H84O22/c1-20-8-13-51(65-18-20)21(2)32-28(73-51)15-27-25-7-6-23-14-24(9-11-49(23,4)26(25)10-12-50(27,32)5)67-48-44(72-47-41(62)38(59)35(56)30(17-53)69-47)42(63)43(71-46-40(61)36(57)33(54)22(3)66-46)31(70-48)19-64-45-39(60)37(58)34(55)29(16-52)68-45/h20-48,52-63H,6-19H2,1-5H3/t20?,21?,22-,23?,24-,25?,26?,27?,28?,29+,30+,31+,32?,33-,34+,35+,36+,37-,38-,39+,40+,41+,42-,43+,44?,45+,46+,47+,48-,49-,50-,51+/m0/s1. The van der Waals surface area contributed by atoms with E-state index in [1.165, 1.54) is 6.92 Å². The lowest BCUT2D eigenvalue weighted by atomic mass is 9.44. The molecule has 32 atom stereocenters. The molecule has 420 valence electrons. The highest BCUT2D eigenvalue weighted by molar-refractivity contribution is 5.15. The first kappa shape index (κ1) is 55.4. The molecule has 10 aliphatic rings. The van der Waals surface area contributed by atoms with Gasteiger partial charge in [-0.1, -0.05) is 27.7 Å². The number of rotatable bonds is 11. The highest BCUT2D eigenvalue weighted by Crippen LogP contribution is 2.71. The predicted molar refractivity (Wildman–Crippen MR) is 247 cm³/mol. The molecule has 12 N–H and O–H groups in total. The second-order valence-electron chi connectivity index (χ2n) is 24.4. The zero-order chi connectivity index (χ0) is 52.2. The molecule has 6 heterocycles. The van der Waals surface area contributed by atoms with Crippen molar-refractivity contribution in [3.05, 3.63) is 0 Å². The van der Waals surface area contributed by atoms with Gasteiger partial charge in [-0.05, 0) is 111 Å². The van der Waals surface area contributed by atoms with E-state index in [1.54, 1.807) is 0 Å². The SMILES string of the molecule is CC1CC[C@@]2(OC1)OC1CC3C4CCC5C[C@@H](O[C@H]6O[C@H](CO[C@@H]7O[C@H](CO)[C@@H](O)[C@H](O)[C@H]7O)[C@@H](O[C@H]7O[C@@H](C)[C@H](O)[C@@H](O)[C@H]7O)[C@H](O)C6O[C@H]6O[C@H](CO)[C@@H](O)[C@H](O)[C@H]6O)CC[C@]5(C)C4CC[C@]3(C)C1C2C. The number of hydrogen-bond acceptors (Lipinski definition) is 22. The third kappa shape index (κ3) is 9.60. The van der Waals surface area contributed by atoms with Gasteiger partial charge in [-0.25, -0.2) is 0 Å². The van der Waals surface area contributed by atoms with E-state index in [0.29, 0.717) is 48.3 Å². The second-order valence-corrected chi connectivity index (χ2v) is 24.4. The summed E-state index contributed by atoms with van der Waals surface area (Å²) >= 11 is 0. The quantitative estimate of drug-likeness (QED) is 0.101. The Kier molecular flexibility index (Phi) is 16.2. The molecule has 0 aromatic carbocycles. The van der Waals surface area contributed by atoms with Crippen LogP contribution in [-0.4, -0.2) is 229 Å². The van der Waals surface area contributed by atoms with Crippen LogP contribution in [0, 0.1) is 52.3 Å². The Labute approximate surface area is 426 Å². The van der Waals surface area contributed by atoms with Gasteiger partial charge in [0.25, 0.3) is 0 Å². The summed E-state index contributed by atoms with van der Waals surface area (Å²) < 4.78 is 62.5. The first-order valence-corrected chi connectivity index (χ1v) is 27.2. The Morgan fingerprint density at radius 3 is 1.78 bits per heavy atom. The summed E-state index contributed by atoms with van der Waals surface area (Å²) in [6.07, 6.45) is -23.7. The molecule has 6 saturated heterocycles. The molecule has 9 unspecified atom stereocenters.